The van der Waals surface area contributed by atoms with E-state index in [2.05, 4.69) is 26.5 Å². The third kappa shape index (κ3) is 2.05. The van der Waals surface area contributed by atoms with Crippen LogP contribution in [0.15, 0.2) is 35.6 Å². The first kappa shape index (κ1) is 17.1. The van der Waals surface area contributed by atoms with Crippen LogP contribution in [0.4, 0.5) is 0 Å². The van der Waals surface area contributed by atoms with Gasteiger partial charge in [0.2, 0.25) is 0 Å². The Bertz CT molecular complexity index is 702. The number of hydrogen-bond acceptors (Lipinski definition) is 3. The van der Waals surface area contributed by atoms with Gasteiger partial charge in [-0.1, -0.05) is 37.6 Å². The zero-order valence-corrected chi connectivity index (χ0v) is 15.7. The van der Waals surface area contributed by atoms with Gasteiger partial charge in [-0.25, -0.2) is 0 Å². The fraction of sp³-hybridized carbons (Fsp3) is 0.682. The number of rotatable bonds is 2. The number of methoxy groups -OCH3 is 1. The number of allylic oxidation sites excluding steroid dienone is 4. The molecule has 4 rings (SSSR count). The third-order valence-electron chi connectivity index (χ3n) is 8.20. The van der Waals surface area contributed by atoms with Gasteiger partial charge in [-0.05, 0) is 56.4 Å². The third-order valence-corrected chi connectivity index (χ3v) is 8.20. The van der Waals surface area contributed by atoms with Crippen LogP contribution in [0.3, 0.4) is 0 Å². The first-order chi connectivity index (χ1) is 11.8. The van der Waals surface area contributed by atoms with E-state index in [4.69, 9.17) is 4.74 Å². The Kier molecular flexibility index (Phi) is 3.64. The van der Waals surface area contributed by atoms with Crippen LogP contribution >= 0.6 is 0 Å². The fourth-order valence-electron chi connectivity index (χ4n) is 6.50. The molecule has 2 saturated carbocycles. The Morgan fingerprint density at radius 3 is 2.76 bits per heavy atom. The van der Waals surface area contributed by atoms with Gasteiger partial charge < -0.3 is 9.84 Å². The number of ether oxygens (including phenoxy) is 1. The molecule has 3 nitrogen and oxygen atoms in total. The molecule has 4 aliphatic rings. The molecule has 0 amide bonds. The Hall–Kier alpha value is -1.35. The maximum atomic E-state index is 11.9. The van der Waals surface area contributed by atoms with E-state index in [9.17, 15) is 9.90 Å². The Morgan fingerprint density at radius 2 is 2.04 bits per heavy atom. The van der Waals surface area contributed by atoms with Crippen molar-refractivity contribution in [3.8, 4) is 0 Å². The average molecular weight is 342 g/mol. The second-order valence-corrected chi connectivity index (χ2v) is 9.03. The van der Waals surface area contributed by atoms with Crippen LogP contribution in [0.2, 0.25) is 0 Å². The molecule has 5 atom stereocenters. The van der Waals surface area contributed by atoms with Gasteiger partial charge in [-0.2, -0.15) is 0 Å². The highest BCUT2D eigenvalue weighted by Crippen LogP contribution is 2.66. The monoisotopic (exact) mass is 342 g/mol. The highest BCUT2D eigenvalue weighted by Gasteiger charge is 2.63. The molecule has 3 heteroatoms. The Labute approximate surface area is 150 Å². The largest absolute Gasteiger partial charge is 0.499 e. The van der Waals surface area contributed by atoms with E-state index in [1.807, 2.05) is 6.08 Å². The van der Waals surface area contributed by atoms with Crippen molar-refractivity contribution in [2.75, 3.05) is 7.11 Å². The molecule has 0 aromatic rings. The summed E-state index contributed by atoms with van der Waals surface area (Å²) in [6.07, 6.45) is 10.6. The molecule has 0 unspecified atom stereocenters. The Morgan fingerprint density at radius 1 is 1.28 bits per heavy atom. The van der Waals surface area contributed by atoms with Crippen LogP contribution in [-0.2, 0) is 9.53 Å². The van der Waals surface area contributed by atoms with Crippen LogP contribution in [0, 0.1) is 22.7 Å². The Balaban J connectivity index is 1.75. The first-order valence-corrected chi connectivity index (χ1v) is 9.66. The summed E-state index contributed by atoms with van der Waals surface area (Å²) < 4.78 is 5.39. The van der Waals surface area contributed by atoms with E-state index in [0.29, 0.717) is 29.8 Å². The van der Waals surface area contributed by atoms with Crippen LogP contribution in [0.5, 0.6) is 0 Å². The SMILES string of the molecule is C=C(OC)[C@@]1(O)CC[C@@H]2[C@@H]3CCC4=CC(=O)CC[C@]4(C)C3=CC[C@@]21C. The molecule has 0 aromatic carbocycles. The first-order valence-electron chi connectivity index (χ1n) is 9.66. The molecule has 25 heavy (non-hydrogen) atoms. The van der Waals surface area contributed by atoms with Crippen molar-refractivity contribution in [1.82, 2.24) is 0 Å². The van der Waals surface area contributed by atoms with Crippen molar-refractivity contribution in [1.29, 1.82) is 0 Å². The number of carbonyl (C=O) groups is 1. The molecule has 0 radical (unpaired) electrons. The molecule has 0 aliphatic heterocycles. The summed E-state index contributed by atoms with van der Waals surface area (Å²) >= 11 is 0. The summed E-state index contributed by atoms with van der Waals surface area (Å²) in [5, 5.41) is 11.4. The maximum absolute atomic E-state index is 11.9. The molecule has 0 aromatic heterocycles. The van der Waals surface area contributed by atoms with Crippen LogP contribution in [0.1, 0.15) is 58.8 Å². The van der Waals surface area contributed by atoms with E-state index < -0.39 is 5.60 Å². The standard InChI is InChI=1S/C22H30O3/c1-14(25-4)22(24)12-9-19-17-6-5-15-13-16(23)7-10-20(15,2)18(17)8-11-21(19,22)3/h8,13,17,19,24H,1,5-7,9-12H2,2-4H3/t17-,19-,20+,21+,22+/m1/s1. The van der Waals surface area contributed by atoms with Gasteiger partial charge >= 0.3 is 0 Å². The number of aliphatic hydroxyl groups is 1. The predicted molar refractivity (Wildman–Crippen MR) is 97.8 cm³/mol. The van der Waals surface area contributed by atoms with Crippen molar-refractivity contribution < 1.29 is 14.6 Å². The van der Waals surface area contributed by atoms with E-state index in [1.54, 1.807) is 7.11 Å². The van der Waals surface area contributed by atoms with Crippen molar-refractivity contribution in [2.24, 2.45) is 22.7 Å². The quantitative estimate of drug-likeness (QED) is 0.600. The van der Waals surface area contributed by atoms with Gasteiger partial charge in [0.1, 0.15) is 11.4 Å². The lowest BCUT2D eigenvalue weighted by molar-refractivity contribution is -0.115. The molecule has 0 saturated heterocycles. The molecule has 1 N–H and O–H groups in total. The van der Waals surface area contributed by atoms with Crippen LogP contribution < -0.4 is 0 Å². The lowest BCUT2D eigenvalue weighted by atomic mass is 9.50. The van der Waals surface area contributed by atoms with Gasteiger partial charge in [0, 0.05) is 17.3 Å². The highest BCUT2D eigenvalue weighted by atomic mass is 16.5. The van der Waals surface area contributed by atoms with Gasteiger partial charge in [0.25, 0.3) is 0 Å². The predicted octanol–water partition coefficient (Wildman–Crippen LogP) is 4.33. The maximum Gasteiger partial charge on any atom is 0.155 e. The fourth-order valence-corrected chi connectivity index (χ4v) is 6.50. The van der Waals surface area contributed by atoms with Crippen LogP contribution in [-0.4, -0.2) is 23.6 Å². The normalized spacial score (nSPS) is 45.7. The second kappa shape index (κ2) is 5.33. The molecule has 4 aliphatic carbocycles. The summed E-state index contributed by atoms with van der Waals surface area (Å²) in [4.78, 5) is 11.9. The van der Waals surface area contributed by atoms with E-state index in [-0.39, 0.29) is 10.8 Å². The average Bonchev–Trinajstić information content (AvgIpc) is 2.87. The van der Waals surface area contributed by atoms with Crippen LogP contribution in [0.25, 0.3) is 0 Å². The number of hydrogen-bond donors (Lipinski definition) is 1. The van der Waals surface area contributed by atoms with Crippen molar-refractivity contribution >= 4 is 5.78 Å². The summed E-state index contributed by atoms with van der Waals surface area (Å²) in [5.74, 6) is 1.77. The summed E-state index contributed by atoms with van der Waals surface area (Å²) in [6.45, 7) is 8.57. The van der Waals surface area contributed by atoms with E-state index in [1.165, 1.54) is 11.1 Å². The summed E-state index contributed by atoms with van der Waals surface area (Å²) in [6, 6.07) is 0. The molecule has 0 heterocycles. The van der Waals surface area contributed by atoms with Gasteiger partial charge in [-0.15, -0.1) is 0 Å². The zero-order valence-electron chi connectivity index (χ0n) is 15.7. The number of ketones is 1. The lowest BCUT2D eigenvalue weighted by Gasteiger charge is -2.54. The zero-order chi connectivity index (χ0) is 18.0. The van der Waals surface area contributed by atoms with Gasteiger partial charge in [-0.3, -0.25) is 4.79 Å². The minimum Gasteiger partial charge on any atom is -0.499 e. The molecule has 2 fully saturated rings. The molecular weight excluding hydrogens is 312 g/mol. The summed E-state index contributed by atoms with van der Waals surface area (Å²) in [5.41, 5.74) is 1.78. The van der Waals surface area contributed by atoms with Crippen molar-refractivity contribution in [2.45, 2.75) is 64.4 Å². The van der Waals surface area contributed by atoms with E-state index >= 15 is 0 Å². The molecular formula is C22H30O3. The highest BCUT2D eigenvalue weighted by molar-refractivity contribution is 5.92. The molecule has 0 bridgehead atoms. The molecule has 0 spiro atoms. The van der Waals surface area contributed by atoms with E-state index in [0.717, 1.165) is 38.5 Å². The van der Waals surface area contributed by atoms with Gasteiger partial charge in [0.15, 0.2) is 5.78 Å². The molecule has 136 valence electrons. The van der Waals surface area contributed by atoms with Crippen molar-refractivity contribution in [3.63, 3.8) is 0 Å². The lowest BCUT2D eigenvalue weighted by Crippen LogP contribution is -2.51. The van der Waals surface area contributed by atoms with Crippen molar-refractivity contribution in [3.05, 3.63) is 35.6 Å². The smallest absolute Gasteiger partial charge is 0.155 e. The van der Waals surface area contributed by atoms with Gasteiger partial charge in [0.05, 0.1) is 7.11 Å². The minimum atomic E-state index is -0.937. The number of fused-ring (bicyclic) bond motifs is 5. The summed E-state index contributed by atoms with van der Waals surface area (Å²) in [7, 11) is 1.61. The minimum absolute atomic E-state index is 0.0527. The number of carbonyl (C=O) groups excluding carboxylic acids is 1. The topological polar surface area (TPSA) is 46.5 Å². The second-order valence-electron chi connectivity index (χ2n) is 9.03.